The first-order valence-electron chi connectivity index (χ1n) is 48.9. The number of benzene rings is 24. The molecule has 4 nitrogen and oxygen atoms in total. The van der Waals surface area contributed by atoms with Crippen LogP contribution in [0.5, 0.6) is 0 Å². The molecular weight excluding hydrogens is 1690 g/mol. The molecule has 0 amide bonds. The second-order valence-electron chi connectivity index (χ2n) is 35.2. The topological polar surface area (TPSA) is 30.5 Å². The van der Waals surface area contributed by atoms with Crippen LogP contribution in [0.1, 0.15) is 27.7 Å². The summed E-state index contributed by atoms with van der Waals surface area (Å²) >= 11 is 0. The maximum atomic E-state index is 3.30. The van der Waals surface area contributed by atoms with Gasteiger partial charge in [-0.05, 0) is 318 Å². The first-order valence-corrected chi connectivity index (χ1v) is 48.9. The van der Waals surface area contributed by atoms with E-state index in [-0.39, 0.29) is 0 Å². The summed E-state index contributed by atoms with van der Waals surface area (Å²) in [4.78, 5) is 4.81. The average molecular weight is 1790 g/mol. The molecule has 2 N–H and O–H groups in total. The van der Waals surface area contributed by atoms with Gasteiger partial charge in [-0.3, -0.25) is 0 Å². The molecule has 0 saturated heterocycles. The zero-order valence-corrected chi connectivity index (χ0v) is 78.5. The van der Waals surface area contributed by atoms with Gasteiger partial charge in [-0.25, -0.2) is 0 Å². The van der Waals surface area contributed by atoms with Gasteiger partial charge >= 0.3 is 0 Å². The van der Waals surface area contributed by atoms with Crippen molar-refractivity contribution in [2.45, 2.75) is 27.7 Å². The van der Waals surface area contributed by atoms with Gasteiger partial charge in [0.05, 0.1) is 11.4 Å². The Bertz CT molecular complexity index is 8220. The van der Waals surface area contributed by atoms with E-state index in [1.807, 2.05) is 149 Å². The third kappa shape index (κ3) is 15.4. The summed E-state index contributed by atoms with van der Waals surface area (Å²) in [7, 11) is 0. The molecule has 0 unspecified atom stereocenters. The summed E-state index contributed by atoms with van der Waals surface area (Å²) in [6.07, 6.45) is 0. The molecule has 0 radical (unpaired) electrons. The van der Waals surface area contributed by atoms with Crippen molar-refractivity contribution in [1.82, 2.24) is 0 Å². The summed E-state index contributed by atoms with van der Waals surface area (Å²) in [5, 5.41) is 43.1. The molecule has 664 valence electrons. The highest BCUT2D eigenvalue weighted by Crippen LogP contribution is 2.58. The monoisotopic (exact) mass is 1790 g/mol. The van der Waals surface area contributed by atoms with Crippen LogP contribution in [0.3, 0.4) is 0 Å². The molecule has 0 fully saturated rings. The first-order chi connectivity index (χ1) is 69.6. The van der Waals surface area contributed by atoms with E-state index < -0.39 is 0 Å². The molecule has 0 atom stereocenters. The van der Waals surface area contributed by atoms with Crippen LogP contribution in [-0.2, 0) is 0 Å². The number of rotatable bonds is 14. The van der Waals surface area contributed by atoms with Crippen LogP contribution in [0.15, 0.2) is 522 Å². The fourth-order valence-electron chi connectivity index (χ4n) is 21.8. The number of nitrogens with zero attached hydrogens (tertiary/aromatic N) is 2. The molecule has 0 heterocycles. The fraction of sp³-hybridized carbons (Fsp3) is 0.0294. The third-order valence-electron chi connectivity index (χ3n) is 27.4. The lowest BCUT2D eigenvalue weighted by Crippen LogP contribution is -2.10. The Hall–Kier alpha value is -18.0. The summed E-state index contributed by atoms with van der Waals surface area (Å²) in [6, 6.07) is 188. The van der Waals surface area contributed by atoms with Crippen LogP contribution in [0.2, 0.25) is 0 Å². The van der Waals surface area contributed by atoms with E-state index in [4.69, 9.17) is 0 Å². The second-order valence-corrected chi connectivity index (χ2v) is 35.2. The van der Waals surface area contributed by atoms with Gasteiger partial charge in [0.2, 0.25) is 0 Å². The van der Waals surface area contributed by atoms with E-state index in [0.29, 0.717) is 0 Å². The Morgan fingerprint density at radius 1 is 0.136 bits per heavy atom. The van der Waals surface area contributed by atoms with Crippen LogP contribution in [0, 0.1) is 0 Å². The highest BCUT2D eigenvalue weighted by atomic mass is 15.1. The quantitative estimate of drug-likeness (QED) is 0.114. The fourth-order valence-corrected chi connectivity index (χ4v) is 21.8. The van der Waals surface area contributed by atoms with Crippen LogP contribution in [0.25, 0.3) is 195 Å². The highest BCUT2D eigenvalue weighted by molar-refractivity contribution is 6.45. The molecule has 0 aliphatic carbocycles. The van der Waals surface area contributed by atoms with Gasteiger partial charge in [-0.1, -0.05) is 416 Å². The number of hydrogen-bond donors (Lipinski definition) is 2. The van der Waals surface area contributed by atoms with Crippen molar-refractivity contribution in [3.8, 4) is 44.5 Å². The molecular formula is C136H100N4. The molecule has 28 aromatic rings. The third-order valence-corrected chi connectivity index (χ3v) is 27.4. The van der Waals surface area contributed by atoms with Gasteiger partial charge in [0.15, 0.2) is 0 Å². The number of para-hydroxylation sites is 8. The molecule has 0 saturated carbocycles. The van der Waals surface area contributed by atoms with Crippen molar-refractivity contribution in [2.24, 2.45) is 0 Å². The maximum absolute atomic E-state index is 3.30. The highest BCUT2D eigenvalue weighted by Gasteiger charge is 2.31. The molecule has 0 aromatic heterocycles. The van der Waals surface area contributed by atoms with Gasteiger partial charge in [-0.15, -0.1) is 0 Å². The smallest absolute Gasteiger partial charge is 0.0540 e. The van der Waals surface area contributed by atoms with Gasteiger partial charge in [-0.2, -0.15) is 0 Å². The Balaban J connectivity index is 0.000000121. The van der Waals surface area contributed by atoms with Crippen molar-refractivity contribution in [3.05, 3.63) is 522 Å². The van der Waals surface area contributed by atoms with Crippen LogP contribution in [-0.4, -0.2) is 0 Å². The number of anilines is 10. The molecule has 28 rings (SSSR count). The minimum absolute atomic E-state index is 1.12. The molecule has 0 spiro atoms. The van der Waals surface area contributed by atoms with E-state index in [2.05, 4.69) is 421 Å². The van der Waals surface area contributed by atoms with Crippen molar-refractivity contribution in [3.63, 3.8) is 0 Å². The largest absolute Gasteiger partial charge is 0.356 e. The van der Waals surface area contributed by atoms with Crippen LogP contribution >= 0.6 is 0 Å². The van der Waals surface area contributed by atoms with Gasteiger partial charge in [0, 0.05) is 56.3 Å². The molecule has 4 heteroatoms. The number of fused-ring (bicyclic) bond motifs is 14. The summed E-state index contributed by atoms with van der Waals surface area (Å²) in [6.45, 7) is 8.00. The lowest BCUT2D eigenvalue weighted by atomic mass is 9.85. The van der Waals surface area contributed by atoms with Gasteiger partial charge in [0.25, 0.3) is 0 Å². The number of hydrogen-bond acceptors (Lipinski definition) is 4. The van der Waals surface area contributed by atoms with Crippen molar-refractivity contribution >= 4 is 208 Å². The Kier molecular flexibility index (Phi) is 23.4. The van der Waals surface area contributed by atoms with E-state index >= 15 is 0 Å². The Morgan fingerprint density at radius 3 is 0.564 bits per heavy atom. The lowest BCUT2D eigenvalue weighted by Gasteiger charge is -2.27. The predicted molar refractivity (Wildman–Crippen MR) is 609 cm³/mol. The van der Waals surface area contributed by atoms with Crippen LogP contribution in [0.4, 0.5) is 56.9 Å². The molecule has 0 aliphatic heterocycles. The zero-order chi connectivity index (χ0) is 93.9. The minimum atomic E-state index is 1.12. The van der Waals surface area contributed by atoms with E-state index in [0.717, 1.165) is 45.5 Å². The molecule has 0 aliphatic rings. The van der Waals surface area contributed by atoms with Crippen molar-refractivity contribution in [2.75, 3.05) is 20.4 Å². The van der Waals surface area contributed by atoms with E-state index in [1.54, 1.807) is 0 Å². The average Bonchev–Trinajstić information content (AvgIpc) is 1.53. The maximum Gasteiger partial charge on any atom is 0.0540 e. The van der Waals surface area contributed by atoms with Crippen LogP contribution < -0.4 is 20.4 Å². The zero-order valence-electron chi connectivity index (χ0n) is 78.5. The predicted octanol–water partition coefficient (Wildman–Crippen LogP) is 39.8. The van der Waals surface area contributed by atoms with Gasteiger partial charge in [0.1, 0.15) is 0 Å². The summed E-state index contributed by atoms with van der Waals surface area (Å²) in [5.74, 6) is 0. The van der Waals surface area contributed by atoms with E-state index in [9.17, 15) is 0 Å². The summed E-state index contributed by atoms with van der Waals surface area (Å²) in [5.41, 5.74) is 21.5. The first kappa shape index (κ1) is 86.2. The minimum Gasteiger partial charge on any atom is -0.356 e. The van der Waals surface area contributed by atoms with Gasteiger partial charge < -0.3 is 20.4 Å². The van der Waals surface area contributed by atoms with E-state index in [1.165, 1.54) is 207 Å². The standard InChI is InChI=1S/2C54H33N.2C12H11N.2C2H6/c2*1-5-16-35(17-6-1)50-46-32-44-39-26-13-20-34-21-14-27-40(49(34)39)45(44)33-47(46)51(36-18-7-2-8-19-36)54-43-30-31-48(41-28-15-29-42(52(41)43)53(50)54)55(37-22-9-3-10-23-37)38-24-11-4-12-25-38;2*1-3-7-11(8-4-1)13-12-9-5-2-6-10-12;2*1-2/h2*1-33H;2*1-10,13H;2*1-2H3. The second kappa shape index (κ2) is 38.1. The summed E-state index contributed by atoms with van der Waals surface area (Å²) < 4.78 is 0. The number of nitrogens with one attached hydrogen (secondary N) is 2. The normalized spacial score (nSPS) is 11.3. The lowest BCUT2D eigenvalue weighted by molar-refractivity contribution is 1.30. The van der Waals surface area contributed by atoms with Crippen molar-refractivity contribution < 1.29 is 0 Å². The SMILES string of the molecule is CC.CC.c1ccc(-c2c3cc4c(cc3c(-c3ccccc3)c3c5ccc(N(c6ccccc6)c6ccccc6)c6cccc(c23)c65)c2cccc3cccc4c32)cc1.c1ccc(-c2c3cc4c(cc3c(-c3ccccc3)c3c5ccc(N(c6ccccc6)c6ccccc6)c6cccc(c23)c65)c2cccc3cccc4c32)cc1.c1ccc(Nc2ccccc2)cc1.c1ccc(Nc2ccccc2)cc1. The van der Waals surface area contributed by atoms with Crippen molar-refractivity contribution in [1.29, 1.82) is 0 Å². The Labute approximate surface area is 816 Å². The molecule has 28 aromatic carbocycles. The molecule has 0 bridgehead atoms. The Morgan fingerprint density at radius 2 is 0.329 bits per heavy atom. The molecule has 140 heavy (non-hydrogen) atoms.